The van der Waals surface area contributed by atoms with Gasteiger partial charge in [-0.1, -0.05) is 30.3 Å². The van der Waals surface area contributed by atoms with Crippen LogP contribution in [-0.4, -0.2) is 26.0 Å². The molecule has 5 nitrogen and oxygen atoms in total. The molecule has 7 heteroatoms. The number of nitrogens with zero attached hydrogens (tertiary/aromatic N) is 1. The van der Waals surface area contributed by atoms with Crippen molar-refractivity contribution in [1.29, 1.82) is 0 Å². The molecule has 0 heterocycles. The van der Waals surface area contributed by atoms with Gasteiger partial charge in [-0.2, -0.15) is 0 Å². The Bertz CT molecular complexity index is 1060. The van der Waals surface area contributed by atoms with E-state index in [9.17, 15) is 17.6 Å². The second kappa shape index (κ2) is 7.75. The number of aliphatic carboxylic acids is 1. The molecule has 3 aromatic rings. The smallest absolute Gasteiger partial charge is 0.303 e. The Labute approximate surface area is 156 Å². The summed E-state index contributed by atoms with van der Waals surface area (Å²) in [5.74, 6) is -1.52. The Hall–Kier alpha value is -2.93. The van der Waals surface area contributed by atoms with Crippen molar-refractivity contribution < 1.29 is 22.7 Å². The Balaban J connectivity index is 2.03. The van der Waals surface area contributed by atoms with Crippen molar-refractivity contribution in [2.45, 2.75) is 17.7 Å². The summed E-state index contributed by atoms with van der Waals surface area (Å²) in [5, 5.41) is 10.7. The Kier molecular flexibility index (Phi) is 5.41. The summed E-state index contributed by atoms with van der Waals surface area (Å²) in [4.78, 5) is 10.8. The van der Waals surface area contributed by atoms with Gasteiger partial charge in [-0.3, -0.25) is 9.10 Å². The summed E-state index contributed by atoms with van der Waals surface area (Å²) in [5.41, 5.74) is 0.434. The molecule has 0 fully saturated rings. The number of sulfonamides is 1. The van der Waals surface area contributed by atoms with E-state index in [1.807, 2.05) is 30.3 Å². The third-order valence-corrected chi connectivity index (χ3v) is 6.02. The molecule has 0 unspecified atom stereocenters. The van der Waals surface area contributed by atoms with E-state index >= 15 is 0 Å². The van der Waals surface area contributed by atoms with Crippen LogP contribution < -0.4 is 4.31 Å². The Morgan fingerprint density at radius 2 is 1.63 bits per heavy atom. The quantitative estimate of drug-likeness (QED) is 0.664. The molecule has 0 radical (unpaired) electrons. The highest BCUT2D eigenvalue weighted by molar-refractivity contribution is 7.92. The van der Waals surface area contributed by atoms with Crippen molar-refractivity contribution >= 4 is 32.5 Å². The average Bonchev–Trinajstić information content (AvgIpc) is 2.65. The lowest BCUT2D eigenvalue weighted by atomic mass is 10.1. The monoisotopic (exact) mass is 387 g/mol. The van der Waals surface area contributed by atoms with E-state index in [2.05, 4.69) is 0 Å². The zero-order valence-electron chi connectivity index (χ0n) is 14.4. The topological polar surface area (TPSA) is 74.7 Å². The molecule has 0 saturated heterocycles. The van der Waals surface area contributed by atoms with Crippen LogP contribution in [0.25, 0.3) is 10.8 Å². The largest absolute Gasteiger partial charge is 0.481 e. The molecule has 0 amide bonds. The Morgan fingerprint density at radius 3 is 2.30 bits per heavy atom. The van der Waals surface area contributed by atoms with Gasteiger partial charge in [0.25, 0.3) is 10.0 Å². The zero-order valence-corrected chi connectivity index (χ0v) is 15.2. The maximum absolute atomic E-state index is 13.2. The van der Waals surface area contributed by atoms with Crippen molar-refractivity contribution in [3.63, 3.8) is 0 Å². The van der Waals surface area contributed by atoms with Gasteiger partial charge >= 0.3 is 5.97 Å². The number of halogens is 1. The average molecular weight is 387 g/mol. The first kappa shape index (κ1) is 18.8. The number of carbonyl (C=O) groups is 1. The predicted octanol–water partition coefficient (Wildman–Crippen LogP) is 4.04. The molecule has 0 saturated carbocycles. The molecule has 1 N–H and O–H groups in total. The van der Waals surface area contributed by atoms with Gasteiger partial charge < -0.3 is 5.11 Å². The van der Waals surface area contributed by atoms with Crippen LogP contribution in [0.3, 0.4) is 0 Å². The van der Waals surface area contributed by atoms with Crippen molar-refractivity contribution in [3.05, 3.63) is 72.5 Å². The molecule has 27 heavy (non-hydrogen) atoms. The molecule has 0 aliphatic carbocycles. The van der Waals surface area contributed by atoms with E-state index in [0.29, 0.717) is 5.69 Å². The van der Waals surface area contributed by atoms with Crippen molar-refractivity contribution in [3.8, 4) is 0 Å². The normalized spacial score (nSPS) is 11.4. The number of fused-ring (bicyclic) bond motifs is 1. The third kappa shape index (κ3) is 4.25. The lowest BCUT2D eigenvalue weighted by Crippen LogP contribution is -2.32. The lowest BCUT2D eigenvalue weighted by molar-refractivity contribution is -0.137. The molecule has 0 atom stereocenters. The van der Waals surface area contributed by atoms with Crippen molar-refractivity contribution in [2.24, 2.45) is 0 Å². The Morgan fingerprint density at radius 1 is 0.963 bits per heavy atom. The molecule has 0 aliphatic rings. The van der Waals surface area contributed by atoms with Crippen LogP contribution in [0.4, 0.5) is 10.1 Å². The maximum atomic E-state index is 13.2. The summed E-state index contributed by atoms with van der Waals surface area (Å²) in [7, 11) is -3.96. The zero-order chi connectivity index (χ0) is 19.4. The number of carboxylic acid groups (broad SMARTS) is 1. The fourth-order valence-corrected chi connectivity index (χ4v) is 4.32. The van der Waals surface area contributed by atoms with Gasteiger partial charge in [0.15, 0.2) is 0 Å². The first-order valence-corrected chi connectivity index (χ1v) is 9.81. The van der Waals surface area contributed by atoms with E-state index in [1.165, 1.54) is 16.4 Å². The first-order chi connectivity index (χ1) is 12.9. The number of anilines is 1. The molecular weight excluding hydrogens is 369 g/mol. The number of hydrogen-bond acceptors (Lipinski definition) is 3. The van der Waals surface area contributed by atoms with Crippen molar-refractivity contribution in [1.82, 2.24) is 0 Å². The van der Waals surface area contributed by atoms with Gasteiger partial charge in [-0.15, -0.1) is 0 Å². The minimum atomic E-state index is -3.96. The molecule has 0 spiro atoms. The number of rotatable bonds is 7. The molecule has 3 aromatic carbocycles. The number of benzene rings is 3. The second-order valence-electron chi connectivity index (χ2n) is 6.06. The van der Waals surface area contributed by atoms with Crippen LogP contribution >= 0.6 is 0 Å². The number of carboxylic acids is 1. The number of hydrogen-bond donors (Lipinski definition) is 1. The lowest BCUT2D eigenvalue weighted by Gasteiger charge is -2.25. The first-order valence-electron chi connectivity index (χ1n) is 8.37. The summed E-state index contributed by atoms with van der Waals surface area (Å²) in [6, 6.07) is 17.4. The van der Waals surface area contributed by atoms with Crippen LogP contribution in [0.1, 0.15) is 12.8 Å². The fourth-order valence-electron chi connectivity index (χ4n) is 2.83. The highest BCUT2D eigenvalue weighted by Crippen LogP contribution is 2.28. The van der Waals surface area contributed by atoms with Crippen LogP contribution in [-0.2, 0) is 14.8 Å². The van der Waals surface area contributed by atoms with E-state index in [1.54, 1.807) is 12.1 Å². The molecule has 0 aliphatic heterocycles. The summed E-state index contributed by atoms with van der Waals surface area (Å²) in [6.07, 6.45) is 0.00556. The van der Waals surface area contributed by atoms with Gasteiger partial charge in [0, 0.05) is 13.0 Å². The summed E-state index contributed by atoms with van der Waals surface area (Å²) >= 11 is 0. The standard InChI is InChI=1S/C20H18FNO4S/c21-17-8-11-19(12-9-17)27(25,26)22(13-3-6-20(23)24)18-10-7-15-4-1-2-5-16(15)14-18/h1-2,4-5,7-12,14H,3,6,13H2,(H,23,24). The van der Waals surface area contributed by atoms with Gasteiger partial charge in [-0.25, -0.2) is 12.8 Å². The second-order valence-corrected chi connectivity index (χ2v) is 7.92. The van der Waals surface area contributed by atoms with E-state index in [0.717, 1.165) is 22.9 Å². The molecule has 3 rings (SSSR count). The molecule has 0 bridgehead atoms. The summed E-state index contributed by atoms with van der Waals surface area (Å²) < 4.78 is 40.6. The fraction of sp³-hybridized carbons (Fsp3) is 0.150. The van der Waals surface area contributed by atoms with E-state index in [4.69, 9.17) is 5.11 Å². The van der Waals surface area contributed by atoms with Gasteiger partial charge in [-0.05, 0) is 53.6 Å². The SMILES string of the molecule is O=C(O)CCCN(c1ccc2ccccc2c1)S(=O)(=O)c1ccc(F)cc1. The molecule has 0 aromatic heterocycles. The van der Waals surface area contributed by atoms with E-state index < -0.39 is 21.8 Å². The molecular formula is C20H18FNO4S. The summed E-state index contributed by atoms with van der Waals surface area (Å²) in [6.45, 7) is 0.00432. The van der Waals surface area contributed by atoms with Gasteiger partial charge in [0.05, 0.1) is 10.6 Å². The van der Waals surface area contributed by atoms with Crippen LogP contribution in [0, 0.1) is 5.82 Å². The predicted molar refractivity (Wildman–Crippen MR) is 102 cm³/mol. The third-order valence-electron chi connectivity index (χ3n) is 4.17. The highest BCUT2D eigenvalue weighted by atomic mass is 32.2. The van der Waals surface area contributed by atoms with Crippen LogP contribution in [0.2, 0.25) is 0 Å². The minimum Gasteiger partial charge on any atom is -0.481 e. The highest BCUT2D eigenvalue weighted by Gasteiger charge is 2.25. The minimum absolute atomic E-state index is 0.00432. The van der Waals surface area contributed by atoms with Gasteiger partial charge in [0.2, 0.25) is 0 Å². The van der Waals surface area contributed by atoms with Crippen molar-refractivity contribution in [2.75, 3.05) is 10.8 Å². The van der Waals surface area contributed by atoms with Crippen LogP contribution in [0.15, 0.2) is 71.6 Å². The van der Waals surface area contributed by atoms with Gasteiger partial charge in [0.1, 0.15) is 5.82 Å². The molecule has 140 valence electrons. The maximum Gasteiger partial charge on any atom is 0.303 e. The van der Waals surface area contributed by atoms with Crippen LogP contribution in [0.5, 0.6) is 0 Å². The van der Waals surface area contributed by atoms with E-state index in [-0.39, 0.29) is 24.3 Å².